The predicted octanol–water partition coefficient (Wildman–Crippen LogP) is 9.73. The lowest BCUT2D eigenvalue weighted by molar-refractivity contribution is -0.122. The molecule has 3 heterocycles. The Balaban J connectivity index is 1.18. The fourth-order valence-electron chi connectivity index (χ4n) is 7.78. The Bertz CT molecular complexity index is 2260. The third kappa shape index (κ3) is 6.85. The zero-order valence-corrected chi connectivity index (χ0v) is 32.8. The van der Waals surface area contributed by atoms with Gasteiger partial charge in [0, 0.05) is 30.6 Å². The number of carbonyl (C=O) groups is 3. The Kier molecular flexibility index (Phi) is 10.1. The standard InChI is InChI=1S/C43H34Cl2IN3O5/c1-53-38-21-26(20-37(46)40(38)54-24-25-12-13-35(44)36(45)19-25)18-34-41(50)47-43(52)49(42(34)51)29-22-32-30(27-8-4-2-5-9-27)14-16-48-17-15-31(33(23-29)39(32)48)28-10-6-3-7-11-28/h2-13,18-23,30-31H,14-17,24H2,1H3,(H,47,50,52)/b34-18+/t30-,31+. The summed E-state index contributed by atoms with van der Waals surface area (Å²) in [6.45, 7) is 2.03. The molecule has 0 unspecified atom stereocenters. The third-order valence-corrected chi connectivity index (χ3v) is 11.8. The molecule has 3 aliphatic heterocycles. The van der Waals surface area contributed by atoms with Gasteiger partial charge in [0.05, 0.1) is 26.4 Å². The lowest BCUT2D eigenvalue weighted by atomic mass is 9.76. The molecule has 5 aromatic carbocycles. The highest BCUT2D eigenvalue weighted by Crippen LogP contribution is 2.50. The number of nitrogens with zero attached hydrogens (tertiary/aromatic N) is 2. The summed E-state index contributed by atoms with van der Waals surface area (Å²) in [5, 5.41) is 3.30. The average Bonchev–Trinajstić information content (AvgIpc) is 3.18. The van der Waals surface area contributed by atoms with Crippen molar-refractivity contribution in [1.29, 1.82) is 0 Å². The SMILES string of the molecule is COc1cc(/C=C2\C(=O)NC(=O)N(c3cc4c5c(c3)[C@H](c3ccccc3)CCN5CC[C@@H]4c3ccccc3)C2=O)cc(I)c1OCc1ccc(Cl)c(Cl)c1. The van der Waals surface area contributed by atoms with Gasteiger partial charge in [0.2, 0.25) is 0 Å². The predicted molar refractivity (Wildman–Crippen MR) is 220 cm³/mol. The Labute approximate surface area is 336 Å². The second-order valence-corrected chi connectivity index (χ2v) is 15.5. The van der Waals surface area contributed by atoms with E-state index in [0.29, 0.717) is 36.4 Å². The molecular weight excluding hydrogens is 836 g/mol. The van der Waals surface area contributed by atoms with Crippen LogP contribution in [0.3, 0.4) is 0 Å². The number of methoxy groups -OCH3 is 1. The van der Waals surface area contributed by atoms with Gasteiger partial charge in [-0.1, -0.05) is 89.9 Å². The first kappa shape index (κ1) is 36.2. The molecular formula is C43H34Cl2IN3O5. The van der Waals surface area contributed by atoms with Gasteiger partial charge in [-0.25, -0.2) is 9.69 Å². The molecule has 8 rings (SSSR count). The van der Waals surface area contributed by atoms with E-state index < -0.39 is 17.8 Å². The summed E-state index contributed by atoms with van der Waals surface area (Å²) >= 11 is 14.4. The van der Waals surface area contributed by atoms with Crippen LogP contribution < -0.4 is 24.6 Å². The van der Waals surface area contributed by atoms with Gasteiger partial charge in [0.15, 0.2) is 11.5 Å². The summed E-state index contributed by atoms with van der Waals surface area (Å²) in [7, 11) is 1.52. The van der Waals surface area contributed by atoms with Crippen molar-refractivity contribution in [3.8, 4) is 11.5 Å². The van der Waals surface area contributed by atoms with Crippen molar-refractivity contribution >= 4 is 81.1 Å². The van der Waals surface area contributed by atoms with Crippen LogP contribution in [0.2, 0.25) is 10.0 Å². The maximum Gasteiger partial charge on any atom is 0.335 e. The zero-order valence-electron chi connectivity index (χ0n) is 29.2. The van der Waals surface area contributed by atoms with Gasteiger partial charge in [0.1, 0.15) is 12.2 Å². The van der Waals surface area contributed by atoms with Crippen LogP contribution in [0.5, 0.6) is 11.5 Å². The Morgan fingerprint density at radius 3 is 2.04 bits per heavy atom. The second kappa shape index (κ2) is 15.1. The van der Waals surface area contributed by atoms with Crippen molar-refractivity contribution in [2.45, 2.75) is 31.3 Å². The number of carbonyl (C=O) groups excluding carboxylic acids is 3. The first-order valence-electron chi connectivity index (χ1n) is 17.6. The number of hydrogen-bond donors (Lipinski definition) is 1. The quantitative estimate of drug-likeness (QED) is 0.0950. The number of imide groups is 2. The lowest BCUT2D eigenvalue weighted by Gasteiger charge is -2.44. The molecule has 1 N–H and O–H groups in total. The van der Waals surface area contributed by atoms with Crippen LogP contribution >= 0.6 is 45.8 Å². The molecule has 0 aromatic heterocycles. The number of nitrogens with one attached hydrogen (secondary N) is 1. The van der Waals surface area contributed by atoms with Gasteiger partial charge >= 0.3 is 6.03 Å². The van der Waals surface area contributed by atoms with Gasteiger partial charge in [-0.3, -0.25) is 14.9 Å². The summed E-state index contributed by atoms with van der Waals surface area (Å²) in [5.74, 6) is -0.455. The van der Waals surface area contributed by atoms with Crippen LogP contribution in [0, 0.1) is 3.57 Å². The topological polar surface area (TPSA) is 88.2 Å². The molecule has 0 radical (unpaired) electrons. The maximum atomic E-state index is 14.4. The normalized spacial score (nSPS) is 18.7. The van der Waals surface area contributed by atoms with E-state index in [1.165, 1.54) is 30.0 Å². The molecule has 8 nitrogen and oxygen atoms in total. The second-order valence-electron chi connectivity index (χ2n) is 13.5. The monoisotopic (exact) mass is 869 g/mol. The molecule has 272 valence electrons. The minimum Gasteiger partial charge on any atom is -0.493 e. The molecule has 1 fully saturated rings. The zero-order chi connectivity index (χ0) is 37.5. The fraction of sp³-hybridized carbons (Fsp3) is 0.186. The number of amides is 4. The minimum atomic E-state index is -0.788. The molecule has 5 aromatic rings. The molecule has 4 amide bonds. The van der Waals surface area contributed by atoms with Gasteiger partial charge < -0.3 is 14.4 Å². The minimum absolute atomic E-state index is 0.0669. The third-order valence-electron chi connectivity index (χ3n) is 10.3. The van der Waals surface area contributed by atoms with E-state index in [-0.39, 0.29) is 24.0 Å². The largest absolute Gasteiger partial charge is 0.493 e. The van der Waals surface area contributed by atoms with Crippen LogP contribution in [0.1, 0.15) is 58.1 Å². The van der Waals surface area contributed by atoms with Crippen molar-refractivity contribution in [3.63, 3.8) is 0 Å². The number of ether oxygens (including phenoxy) is 2. The van der Waals surface area contributed by atoms with Crippen LogP contribution in [0.15, 0.2) is 109 Å². The number of halogens is 3. The van der Waals surface area contributed by atoms with Gasteiger partial charge in [-0.2, -0.15) is 0 Å². The summed E-state index contributed by atoms with van der Waals surface area (Å²) in [6, 6.07) is 32.6. The van der Waals surface area contributed by atoms with Crippen LogP contribution in [-0.2, 0) is 16.2 Å². The highest BCUT2D eigenvalue weighted by Gasteiger charge is 2.40. The molecule has 0 saturated carbocycles. The lowest BCUT2D eigenvalue weighted by Crippen LogP contribution is -2.54. The van der Waals surface area contributed by atoms with E-state index in [1.807, 2.05) is 54.6 Å². The smallest absolute Gasteiger partial charge is 0.335 e. The Morgan fingerprint density at radius 1 is 0.815 bits per heavy atom. The number of rotatable bonds is 8. The molecule has 3 aliphatic rings. The van der Waals surface area contributed by atoms with Crippen LogP contribution in [0.25, 0.3) is 6.08 Å². The van der Waals surface area contributed by atoms with E-state index >= 15 is 0 Å². The van der Waals surface area contributed by atoms with Crippen molar-refractivity contribution in [1.82, 2.24) is 5.32 Å². The van der Waals surface area contributed by atoms with Crippen LogP contribution in [0.4, 0.5) is 16.2 Å². The van der Waals surface area contributed by atoms with E-state index in [2.05, 4.69) is 57.1 Å². The molecule has 54 heavy (non-hydrogen) atoms. The van der Waals surface area contributed by atoms with Gasteiger partial charge in [-0.15, -0.1) is 0 Å². The number of hydrogen-bond acceptors (Lipinski definition) is 6. The van der Waals surface area contributed by atoms with Gasteiger partial charge in [0.25, 0.3) is 11.8 Å². The van der Waals surface area contributed by atoms with Crippen molar-refractivity contribution in [2.75, 3.05) is 30.0 Å². The summed E-state index contributed by atoms with van der Waals surface area (Å²) in [6.07, 6.45) is 3.27. The highest BCUT2D eigenvalue weighted by atomic mass is 127. The summed E-state index contributed by atoms with van der Waals surface area (Å²) in [4.78, 5) is 45.0. The first-order valence-corrected chi connectivity index (χ1v) is 19.4. The molecule has 2 atom stereocenters. The number of barbiturate groups is 1. The van der Waals surface area contributed by atoms with Gasteiger partial charge in [-0.05, 0) is 111 Å². The number of urea groups is 1. The first-order chi connectivity index (χ1) is 26.2. The maximum absolute atomic E-state index is 14.4. The van der Waals surface area contributed by atoms with E-state index in [1.54, 1.807) is 24.3 Å². The summed E-state index contributed by atoms with van der Waals surface area (Å²) < 4.78 is 12.5. The van der Waals surface area contributed by atoms with E-state index in [4.69, 9.17) is 32.7 Å². The number of anilines is 2. The molecule has 0 aliphatic carbocycles. The highest BCUT2D eigenvalue weighted by molar-refractivity contribution is 14.1. The van der Waals surface area contributed by atoms with Crippen molar-refractivity contribution < 1.29 is 23.9 Å². The molecule has 1 saturated heterocycles. The fourth-order valence-corrected chi connectivity index (χ4v) is 8.88. The van der Waals surface area contributed by atoms with E-state index in [0.717, 1.165) is 47.5 Å². The van der Waals surface area contributed by atoms with Crippen LogP contribution in [-0.4, -0.2) is 38.0 Å². The molecule has 11 heteroatoms. The molecule has 0 bridgehead atoms. The van der Waals surface area contributed by atoms with Crippen molar-refractivity contribution in [3.05, 3.63) is 156 Å². The molecule has 0 spiro atoms. The average molecular weight is 871 g/mol. The van der Waals surface area contributed by atoms with Crippen molar-refractivity contribution in [2.24, 2.45) is 0 Å². The summed E-state index contributed by atoms with van der Waals surface area (Å²) in [5.41, 5.74) is 7.25. The number of benzene rings is 5. The van der Waals surface area contributed by atoms with E-state index in [9.17, 15) is 14.4 Å². The Hall–Kier alpha value is -4.84. The Morgan fingerprint density at radius 2 is 1.44 bits per heavy atom.